The molecule has 1 aliphatic rings. The summed E-state index contributed by atoms with van der Waals surface area (Å²) in [6, 6.07) is 7.76. The molecule has 0 saturated carbocycles. The third kappa shape index (κ3) is 6.27. The molecule has 3 N–H and O–H groups in total. The SMILES string of the molecule is Cc1ccccc1OCC(=O)N1CCCNCC1.NC=O. The Morgan fingerprint density at radius 1 is 1.38 bits per heavy atom. The van der Waals surface area contributed by atoms with Crippen LogP contribution in [0.2, 0.25) is 0 Å². The van der Waals surface area contributed by atoms with E-state index in [0.717, 1.165) is 43.9 Å². The van der Waals surface area contributed by atoms with Crippen molar-refractivity contribution in [2.45, 2.75) is 13.3 Å². The minimum absolute atomic E-state index is 0.0713. The molecule has 6 heteroatoms. The lowest BCUT2D eigenvalue weighted by molar-refractivity contribution is -0.133. The van der Waals surface area contributed by atoms with Crippen molar-refractivity contribution in [3.05, 3.63) is 29.8 Å². The van der Waals surface area contributed by atoms with E-state index in [9.17, 15) is 4.79 Å². The molecule has 0 aromatic heterocycles. The van der Waals surface area contributed by atoms with Gasteiger partial charge in [-0.3, -0.25) is 9.59 Å². The van der Waals surface area contributed by atoms with Gasteiger partial charge >= 0.3 is 0 Å². The molecule has 1 aliphatic heterocycles. The molecule has 0 aliphatic carbocycles. The number of para-hydroxylation sites is 1. The van der Waals surface area contributed by atoms with E-state index in [-0.39, 0.29) is 18.9 Å². The van der Waals surface area contributed by atoms with Crippen LogP contribution < -0.4 is 15.8 Å². The molecule has 0 bridgehead atoms. The number of nitrogens with zero attached hydrogens (tertiary/aromatic N) is 1. The van der Waals surface area contributed by atoms with Crippen molar-refractivity contribution < 1.29 is 14.3 Å². The summed E-state index contributed by atoms with van der Waals surface area (Å²) >= 11 is 0. The predicted octanol–water partition coefficient (Wildman–Crippen LogP) is 0.297. The molecular formula is C15H23N3O3. The third-order valence-corrected chi connectivity index (χ3v) is 3.14. The normalized spacial score (nSPS) is 14.4. The fourth-order valence-electron chi connectivity index (χ4n) is 2.04. The summed E-state index contributed by atoms with van der Waals surface area (Å²) < 4.78 is 5.58. The number of nitrogens with two attached hydrogens (primary N) is 1. The summed E-state index contributed by atoms with van der Waals surface area (Å²) in [6.07, 6.45) is 1.26. The summed E-state index contributed by atoms with van der Waals surface area (Å²) in [5.74, 6) is 0.862. The van der Waals surface area contributed by atoms with Gasteiger partial charge in [-0.2, -0.15) is 0 Å². The maximum Gasteiger partial charge on any atom is 0.260 e. The van der Waals surface area contributed by atoms with Gasteiger partial charge in [-0.15, -0.1) is 0 Å². The number of ether oxygens (including phenoxy) is 1. The number of rotatable bonds is 3. The number of hydrogen-bond donors (Lipinski definition) is 2. The zero-order valence-electron chi connectivity index (χ0n) is 12.4. The lowest BCUT2D eigenvalue weighted by Crippen LogP contribution is -2.37. The van der Waals surface area contributed by atoms with Crippen LogP contribution in [0, 0.1) is 6.92 Å². The molecule has 0 atom stereocenters. The first-order valence-corrected chi connectivity index (χ1v) is 7.01. The van der Waals surface area contributed by atoms with Gasteiger partial charge in [0.15, 0.2) is 6.61 Å². The highest BCUT2D eigenvalue weighted by Gasteiger charge is 2.15. The van der Waals surface area contributed by atoms with E-state index in [1.54, 1.807) is 0 Å². The molecule has 116 valence electrons. The van der Waals surface area contributed by atoms with E-state index >= 15 is 0 Å². The molecule has 0 spiro atoms. The lowest BCUT2D eigenvalue weighted by Gasteiger charge is -2.20. The number of benzene rings is 1. The van der Waals surface area contributed by atoms with Gasteiger partial charge in [0, 0.05) is 19.6 Å². The average molecular weight is 293 g/mol. The first-order chi connectivity index (χ1) is 10.2. The monoisotopic (exact) mass is 293 g/mol. The fourth-order valence-corrected chi connectivity index (χ4v) is 2.04. The number of nitrogens with one attached hydrogen (secondary N) is 1. The van der Waals surface area contributed by atoms with Gasteiger partial charge in [-0.25, -0.2) is 0 Å². The Morgan fingerprint density at radius 3 is 2.81 bits per heavy atom. The zero-order chi connectivity index (χ0) is 15.5. The second-order valence-corrected chi connectivity index (χ2v) is 4.67. The Kier molecular flexibility index (Phi) is 7.89. The van der Waals surface area contributed by atoms with E-state index in [1.165, 1.54) is 0 Å². The van der Waals surface area contributed by atoms with Crippen LogP contribution in [0.3, 0.4) is 0 Å². The average Bonchev–Trinajstić information content (AvgIpc) is 2.76. The van der Waals surface area contributed by atoms with Crippen molar-refractivity contribution in [1.82, 2.24) is 10.2 Å². The molecule has 2 amide bonds. The number of amides is 2. The van der Waals surface area contributed by atoms with Crippen LogP contribution in [0.1, 0.15) is 12.0 Å². The molecule has 1 heterocycles. The van der Waals surface area contributed by atoms with Gasteiger partial charge in [0.25, 0.3) is 5.91 Å². The molecular weight excluding hydrogens is 270 g/mol. The molecule has 0 unspecified atom stereocenters. The molecule has 1 saturated heterocycles. The van der Waals surface area contributed by atoms with Gasteiger partial charge in [-0.05, 0) is 31.5 Å². The van der Waals surface area contributed by atoms with E-state index in [2.05, 4.69) is 11.1 Å². The highest BCUT2D eigenvalue weighted by Crippen LogP contribution is 2.16. The van der Waals surface area contributed by atoms with Crippen LogP contribution >= 0.6 is 0 Å². The molecule has 1 aromatic rings. The van der Waals surface area contributed by atoms with E-state index in [0.29, 0.717) is 0 Å². The van der Waals surface area contributed by atoms with Crippen LogP contribution in [0.5, 0.6) is 5.75 Å². The topological polar surface area (TPSA) is 84.7 Å². The number of carbonyl (C=O) groups is 2. The van der Waals surface area contributed by atoms with E-state index < -0.39 is 0 Å². The van der Waals surface area contributed by atoms with Crippen molar-refractivity contribution in [1.29, 1.82) is 0 Å². The Balaban J connectivity index is 0.000000677. The van der Waals surface area contributed by atoms with E-state index in [1.807, 2.05) is 36.1 Å². The van der Waals surface area contributed by atoms with Crippen molar-refractivity contribution in [2.75, 3.05) is 32.8 Å². The summed E-state index contributed by atoms with van der Waals surface area (Å²) in [4.78, 5) is 22.5. The zero-order valence-corrected chi connectivity index (χ0v) is 12.4. The number of hydrogen-bond acceptors (Lipinski definition) is 4. The maximum atomic E-state index is 12.0. The highest BCUT2D eigenvalue weighted by atomic mass is 16.5. The van der Waals surface area contributed by atoms with Crippen LogP contribution in [0.25, 0.3) is 0 Å². The van der Waals surface area contributed by atoms with E-state index in [4.69, 9.17) is 9.53 Å². The van der Waals surface area contributed by atoms with Crippen molar-refractivity contribution >= 4 is 12.3 Å². The van der Waals surface area contributed by atoms with Crippen molar-refractivity contribution in [3.8, 4) is 5.75 Å². The standard InChI is InChI=1S/C14H20N2O2.CH3NO/c1-12-5-2-3-6-13(12)18-11-14(17)16-9-4-7-15-8-10-16;2-1-3/h2-3,5-6,15H,4,7-11H2,1H3;1H,(H2,2,3). The van der Waals surface area contributed by atoms with Gasteiger partial charge < -0.3 is 20.7 Å². The minimum Gasteiger partial charge on any atom is -0.484 e. The van der Waals surface area contributed by atoms with Crippen LogP contribution in [0.4, 0.5) is 0 Å². The second-order valence-electron chi connectivity index (χ2n) is 4.67. The summed E-state index contributed by atoms with van der Waals surface area (Å²) in [6.45, 7) is 5.57. The Labute approximate surface area is 125 Å². The van der Waals surface area contributed by atoms with Gasteiger partial charge in [0.2, 0.25) is 6.41 Å². The molecule has 2 rings (SSSR count). The molecule has 0 radical (unpaired) electrons. The van der Waals surface area contributed by atoms with Crippen molar-refractivity contribution in [2.24, 2.45) is 5.73 Å². The molecule has 1 aromatic carbocycles. The van der Waals surface area contributed by atoms with Crippen molar-refractivity contribution in [3.63, 3.8) is 0 Å². The lowest BCUT2D eigenvalue weighted by atomic mass is 10.2. The van der Waals surface area contributed by atoms with Crippen LogP contribution in [0.15, 0.2) is 24.3 Å². The molecule has 6 nitrogen and oxygen atoms in total. The summed E-state index contributed by atoms with van der Waals surface area (Å²) in [7, 11) is 0. The van der Waals surface area contributed by atoms with Gasteiger partial charge in [-0.1, -0.05) is 18.2 Å². The van der Waals surface area contributed by atoms with Gasteiger partial charge in [0.1, 0.15) is 5.75 Å². The van der Waals surface area contributed by atoms with Gasteiger partial charge in [0.05, 0.1) is 0 Å². The number of aryl methyl sites for hydroxylation is 1. The number of primary amides is 1. The summed E-state index contributed by atoms with van der Waals surface area (Å²) in [5, 5.41) is 3.28. The van der Waals surface area contributed by atoms with Crippen LogP contribution in [-0.2, 0) is 9.59 Å². The summed E-state index contributed by atoms with van der Waals surface area (Å²) in [5.41, 5.74) is 5.22. The smallest absolute Gasteiger partial charge is 0.260 e. The molecule has 21 heavy (non-hydrogen) atoms. The Hall–Kier alpha value is -2.08. The Morgan fingerprint density at radius 2 is 2.10 bits per heavy atom. The van der Waals surface area contributed by atoms with Crippen LogP contribution in [-0.4, -0.2) is 50.0 Å². The second kappa shape index (κ2) is 9.77. The maximum absolute atomic E-state index is 12.0. The first kappa shape index (κ1) is 17.0. The fraction of sp³-hybridized carbons (Fsp3) is 0.467. The first-order valence-electron chi connectivity index (χ1n) is 7.01. The minimum atomic E-state index is 0.0713. The molecule has 1 fully saturated rings. The number of carbonyl (C=O) groups excluding carboxylic acids is 2. The predicted molar refractivity (Wildman–Crippen MR) is 81.0 cm³/mol. The third-order valence-electron chi connectivity index (χ3n) is 3.14. The largest absolute Gasteiger partial charge is 0.484 e. The highest BCUT2D eigenvalue weighted by molar-refractivity contribution is 5.77. The Bertz CT molecular complexity index is 444. The quantitative estimate of drug-likeness (QED) is 0.785.